The third-order valence-electron chi connectivity index (χ3n) is 7.76. The van der Waals surface area contributed by atoms with E-state index >= 15 is 0 Å². The zero-order chi connectivity index (χ0) is 26.1. The molecule has 1 heterocycles. The van der Waals surface area contributed by atoms with Gasteiger partial charge in [-0.2, -0.15) is 0 Å². The summed E-state index contributed by atoms with van der Waals surface area (Å²) in [4.78, 5) is 25.6. The number of benzene rings is 3. The molecule has 0 bridgehead atoms. The maximum Gasteiger partial charge on any atom is 0.135 e. The number of halogens is 2. The van der Waals surface area contributed by atoms with Gasteiger partial charge in [-0.1, -0.05) is 65.7 Å². The molecule has 3 aromatic rings. The molecule has 0 aromatic heterocycles. The molecule has 5 rings (SSSR count). The fraction of sp³-hybridized carbons (Fsp3) is 0.367. The SMILES string of the molecule is CC1CN(CC(c2ccc(Cl)cc2)c2ccc(Cl)cc2)CC(C)N1P(O)c1cccc2c1CC(C=O)C2. The van der Waals surface area contributed by atoms with Gasteiger partial charge in [0, 0.05) is 58.9 Å². The van der Waals surface area contributed by atoms with Crippen molar-refractivity contribution in [3.05, 3.63) is 99.0 Å². The van der Waals surface area contributed by atoms with Crippen molar-refractivity contribution < 1.29 is 9.69 Å². The van der Waals surface area contributed by atoms with Crippen LogP contribution in [0.25, 0.3) is 0 Å². The molecule has 2 aliphatic rings. The number of hydrogen-bond acceptors (Lipinski definition) is 4. The van der Waals surface area contributed by atoms with Crippen LogP contribution in [0, 0.1) is 5.92 Å². The second-order valence-corrected chi connectivity index (χ2v) is 12.9. The topological polar surface area (TPSA) is 43.8 Å². The van der Waals surface area contributed by atoms with Crippen molar-refractivity contribution in [3.63, 3.8) is 0 Å². The number of nitrogens with zero attached hydrogens (tertiary/aromatic N) is 2. The maximum atomic E-state index is 11.6. The molecule has 4 unspecified atom stereocenters. The third-order valence-corrected chi connectivity index (χ3v) is 10.3. The monoisotopic (exact) mass is 554 g/mol. The standard InChI is InChI=1S/C30H33Cl2N2O2P/c1-20-16-33(18-29(23-6-10-26(31)11-7-23)24-8-12-27(32)13-9-24)17-21(2)34(20)37(36)30-5-3-4-25-14-22(19-35)15-28(25)30/h3-13,19-22,29,36H,14-18H2,1-2H3. The van der Waals surface area contributed by atoms with Crippen molar-refractivity contribution >= 4 is 43.1 Å². The number of fused-ring (bicyclic) bond motifs is 1. The van der Waals surface area contributed by atoms with Gasteiger partial charge in [0.15, 0.2) is 0 Å². The lowest BCUT2D eigenvalue weighted by molar-refractivity contribution is -0.110. The number of piperazine rings is 1. The molecule has 1 fully saturated rings. The van der Waals surface area contributed by atoms with Crippen LogP contribution in [0.3, 0.4) is 0 Å². The van der Waals surface area contributed by atoms with E-state index in [2.05, 4.69) is 59.8 Å². The van der Waals surface area contributed by atoms with Gasteiger partial charge in [-0.05, 0) is 73.2 Å². The van der Waals surface area contributed by atoms with Gasteiger partial charge in [-0.25, -0.2) is 4.67 Å². The van der Waals surface area contributed by atoms with Gasteiger partial charge >= 0.3 is 0 Å². The molecule has 1 aliphatic carbocycles. The highest BCUT2D eigenvalue weighted by Crippen LogP contribution is 2.43. The van der Waals surface area contributed by atoms with Gasteiger partial charge in [0.05, 0.1) is 0 Å². The zero-order valence-electron chi connectivity index (χ0n) is 21.2. The predicted octanol–water partition coefficient (Wildman–Crippen LogP) is 6.06. The van der Waals surface area contributed by atoms with E-state index in [0.29, 0.717) is 0 Å². The molecule has 0 saturated carbocycles. The number of carbonyl (C=O) groups excluding carboxylic acids is 1. The Hall–Kier alpha value is -1.78. The van der Waals surface area contributed by atoms with E-state index in [0.717, 1.165) is 54.1 Å². The zero-order valence-corrected chi connectivity index (χ0v) is 23.6. The summed E-state index contributed by atoms with van der Waals surface area (Å²) in [5, 5.41) is 2.49. The number of rotatable bonds is 7. The van der Waals surface area contributed by atoms with Gasteiger partial charge in [0.25, 0.3) is 0 Å². The van der Waals surface area contributed by atoms with Crippen molar-refractivity contribution in [2.75, 3.05) is 19.6 Å². The molecule has 0 spiro atoms. The normalized spacial score (nSPS) is 23.2. The number of carbonyl (C=O) groups is 1. The van der Waals surface area contributed by atoms with Crippen molar-refractivity contribution in [3.8, 4) is 0 Å². The minimum atomic E-state index is -1.47. The summed E-state index contributed by atoms with van der Waals surface area (Å²) in [6.45, 7) is 7.04. The van der Waals surface area contributed by atoms with Crippen LogP contribution in [0.1, 0.15) is 42.0 Å². The quantitative estimate of drug-likeness (QED) is 0.284. The van der Waals surface area contributed by atoms with Gasteiger partial charge in [-0.15, -0.1) is 0 Å². The van der Waals surface area contributed by atoms with Crippen LogP contribution >= 0.6 is 31.5 Å². The average molecular weight is 555 g/mol. The molecule has 0 radical (unpaired) electrons. The first-order chi connectivity index (χ1) is 17.8. The van der Waals surface area contributed by atoms with Crippen LogP contribution in [-0.4, -0.2) is 52.5 Å². The second-order valence-electron chi connectivity index (χ2n) is 10.5. The Labute approximate surface area is 231 Å². The molecule has 4 nitrogen and oxygen atoms in total. The first kappa shape index (κ1) is 26.8. The molecule has 194 valence electrons. The molecule has 7 heteroatoms. The van der Waals surface area contributed by atoms with Gasteiger partial charge in [-0.3, -0.25) is 4.90 Å². The van der Waals surface area contributed by atoms with Gasteiger partial charge in [0.1, 0.15) is 14.6 Å². The van der Waals surface area contributed by atoms with Gasteiger partial charge < -0.3 is 9.69 Å². The average Bonchev–Trinajstić information content (AvgIpc) is 3.32. The smallest absolute Gasteiger partial charge is 0.135 e. The predicted molar refractivity (Wildman–Crippen MR) is 154 cm³/mol. The molecular formula is C30H33Cl2N2O2P. The lowest BCUT2D eigenvalue weighted by atomic mass is 9.90. The molecule has 4 atom stereocenters. The summed E-state index contributed by atoms with van der Waals surface area (Å²) in [6.07, 6.45) is 2.58. The maximum absolute atomic E-state index is 11.6. The highest BCUT2D eigenvalue weighted by Gasteiger charge is 2.37. The van der Waals surface area contributed by atoms with Gasteiger partial charge in [0.2, 0.25) is 0 Å². The summed E-state index contributed by atoms with van der Waals surface area (Å²) < 4.78 is 2.30. The highest BCUT2D eigenvalue weighted by atomic mass is 35.5. The lowest BCUT2D eigenvalue weighted by Gasteiger charge is -2.47. The summed E-state index contributed by atoms with van der Waals surface area (Å²) in [5.74, 6) is 0.220. The van der Waals surface area contributed by atoms with E-state index in [1.807, 2.05) is 30.3 Å². The Balaban J connectivity index is 1.35. The first-order valence-corrected chi connectivity index (χ1v) is 14.9. The van der Waals surface area contributed by atoms with Crippen molar-refractivity contribution in [1.82, 2.24) is 9.57 Å². The Kier molecular flexibility index (Phi) is 8.36. The molecule has 3 aromatic carbocycles. The first-order valence-electron chi connectivity index (χ1n) is 12.9. The molecule has 1 saturated heterocycles. The van der Waals surface area contributed by atoms with Crippen LogP contribution in [0.4, 0.5) is 0 Å². The third kappa shape index (κ3) is 5.81. The Morgan fingerprint density at radius 2 is 1.49 bits per heavy atom. The van der Waals surface area contributed by atoms with Crippen molar-refractivity contribution in [1.29, 1.82) is 0 Å². The van der Waals surface area contributed by atoms with E-state index in [9.17, 15) is 9.69 Å². The van der Waals surface area contributed by atoms with Crippen LogP contribution in [0.2, 0.25) is 10.0 Å². The second kappa shape index (κ2) is 11.5. The largest absolute Gasteiger partial charge is 0.356 e. The van der Waals surface area contributed by atoms with Crippen molar-refractivity contribution in [2.45, 2.75) is 44.7 Å². The van der Waals surface area contributed by atoms with E-state index < -0.39 is 8.30 Å². The summed E-state index contributed by atoms with van der Waals surface area (Å²) >= 11 is 12.4. The van der Waals surface area contributed by atoms with Crippen molar-refractivity contribution in [2.24, 2.45) is 5.92 Å². The molecule has 37 heavy (non-hydrogen) atoms. The Morgan fingerprint density at radius 3 is 2.03 bits per heavy atom. The van der Waals surface area contributed by atoms with E-state index in [1.165, 1.54) is 22.3 Å². The Bertz CT molecular complexity index is 1180. The van der Waals surface area contributed by atoms with Crippen LogP contribution < -0.4 is 5.30 Å². The summed E-state index contributed by atoms with van der Waals surface area (Å²) in [6, 6.07) is 22.8. The van der Waals surface area contributed by atoms with Crippen LogP contribution in [0.15, 0.2) is 66.7 Å². The fourth-order valence-corrected chi connectivity index (χ4v) is 8.16. The lowest BCUT2D eigenvalue weighted by Crippen LogP contribution is -2.55. The Morgan fingerprint density at radius 1 is 0.919 bits per heavy atom. The van der Waals surface area contributed by atoms with Crippen LogP contribution in [0.5, 0.6) is 0 Å². The molecule has 1 aliphatic heterocycles. The van der Waals surface area contributed by atoms with Crippen LogP contribution in [-0.2, 0) is 17.6 Å². The van der Waals surface area contributed by atoms with E-state index in [-0.39, 0.29) is 23.9 Å². The minimum absolute atomic E-state index is 0.0314. The number of hydrogen-bond donors (Lipinski definition) is 1. The number of aldehydes is 1. The summed E-state index contributed by atoms with van der Waals surface area (Å²) in [7, 11) is -1.47. The van der Waals surface area contributed by atoms with E-state index in [4.69, 9.17) is 23.2 Å². The molecule has 1 N–H and O–H groups in total. The fourth-order valence-electron chi connectivity index (χ4n) is 6.07. The minimum Gasteiger partial charge on any atom is -0.356 e. The molecule has 0 amide bonds. The van der Waals surface area contributed by atoms with E-state index in [1.54, 1.807) is 0 Å². The highest BCUT2D eigenvalue weighted by molar-refractivity contribution is 7.57. The molecular weight excluding hydrogens is 522 g/mol. The summed E-state index contributed by atoms with van der Waals surface area (Å²) in [5.41, 5.74) is 4.84.